The molecule has 0 radical (unpaired) electrons. The topological polar surface area (TPSA) is 129 Å². The van der Waals surface area contributed by atoms with E-state index in [2.05, 4.69) is 10.6 Å². The van der Waals surface area contributed by atoms with Gasteiger partial charge in [-0.1, -0.05) is 11.6 Å². The lowest BCUT2D eigenvalue weighted by Gasteiger charge is -2.15. The number of nitrogens with two attached hydrogens (primary N) is 1. The first-order valence-electron chi connectivity index (χ1n) is 8.30. The van der Waals surface area contributed by atoms with Crippen molar-refractivity contribution in [2.24, 2.45) is 5.73 Å². The Bertz CT molecular complexity index is 948. The van der Waals surface area contributed by atoms with Gasteiger partial charge in [0.05, 0.1) is 24.9 Å². The SMILES string of the molecule is COc1ccc(NC(C)=O)cc1NC(=O)c1cc(Cl)c(OCC(N)=O)c(OC)c1. The minimum Gasteiger partial charge on any atom is -0.495 e. The number of rotatable bonds is 8. The van der Waals surface area contributed by atoms with E-state index >= 15 is 0 Å². The first-order valence-corrected chi connectivity index (χ1v) is 8.68. The first kappa shape index (κ1) is 21.8. The predicted octanol–water partition coefficient (Wildman–Crippen LogP) is 2.43. The molecule has 2 rings (SSSR count). The van der Waals surface area contributed by atoms with Gasteiger partial charge in [-0.05, 0) is 30.3 Å². The minimum atomic E-state index is -0.684. The highest BCUT2D eigenvalue weighted by molar-refractivity contribution is 6.32. The van der Waals surface area contributed by atoms with Gasteiger partial charge in [0.2, 0.25) is 5.91 Å². The normalized spacial score (nSPS) is 10.1. The molecule has 0 saturated heterocycles. The largest absolute Gasteiger partial charge is 0.495 e. The van der Waals surface area contributed by atoms with Crippen LogP contribution in [0.1, 0.15) is 17.3 Å². The number of anilines is 2. The molecule has 0 bridgehead atoms. The standard InChI is InChI=1S/C19H20ClN3O6/c1-10(24)22-12-4-5-15(27-2)14(8-12)23-19(26)11-6-13(20)18(16(7-11)28-3)29-9-17(21)25/h4-8H,9H2,1-3H3,(H2,21,25)(H,22,24)(H,23,26). The number of nitrogens with one attached hydrogen (secondary N) is 2. The van der Waals surface area contributed by atoms with Crippen LogP contribution in [0, 0.1) is 0 Å². The van der Waals surface area contributed by atoms with Crippen molar-refractivity contribution in [1.82, 2.24) is 0 Å². The van der Waals surface area contributed by atoms with Crippen LogP contribution in [0.15, 0.2) is 30.3 Å². The Morgan fingerprint density at radius 2 is 1.72 bits per heavy atom. The fraction of sp³-hybridized carbons (Fsp3) is 0.211. The molecule has 10 heteroatoms. The Balaban J connectivity index is 2.32. The van der Waals surface area contributed by atoms with Crippen LogP contribution in [0.5, 0.6) is 17.2 Å². The second-order valence-electron chi connectivity index (χ2n) is 5.79. The van der Waals surface area contributed by atoms with E-state index < -0.39 is 18.4 Å². The molecule has 0 aliphatic heterocycles. The molecule has 0 spiro atoms. The average molecular weight is 422 g/mol. The summed E-state index contributed by atoms with van der Waals surface area (Å²) in [6, 6.07) is 7.57. The van der Waals surface area contributed by atoms with Crippen molar-refractivity contribution >= 4 is 40.7 Å². The fourth-order valence-electron chi connectivity index (χ4n) is 2.42. The van der Waals surface area contributed by atoms with Gasteiger partial charge in [-0.15, -0.1) is 0 Å². The van der Waals surface area contributed by atoms with Crippen LogP contribution < -0.4 is 30.6 Å². The Hall–Kier alpha value is -3.46. The molecule has 0 fully saturated rings. The fourth-order valence-corrected chi connectivity index (χ4v) is 2.68. The number of hydrogen-bond acceptors (Lipinski definition) is 6. The maximum atomic E-state index is 12.7. The Kier molecular flexibility index (Phi) is 7.27. The molecule has 29 heavy (non-hydrogen) atoms. The summed E-state index contributed by atoms with van der Waals surface area (Å²) in [5.74, 6) is -0.805. The molecule has 0 atom stereocenters. The first-order chi connectivity index (χ1) is 13.7. The van der Waals surface area contributed by atoms with Crippen molar-refractivity contribution in [3.05, 3.63) is 40.9 Å². The highest BCUT2D eigenvalue weighted by Crippen LogP contribution is 2.37. The molecule has 0 aliphatic rings. The van der Waals surface area contributed by atoms with Gasteiger partial charge in [0.15, 0.2) is 18.1 Å². The summed E-state index contributed by atoms with van der Waals surface area (Å²) in [5.41, 5.74) is 6.06. The van der Waals surface area contributed by atoms with Crippen LogP contribution in [0.25, 0.3) is 0 Å². The van der Waals surface area contributed by atoms with Crippen molar-refractivity contribution < 1.29 is 28.6 Å². The van der Waals surface area contributed by atoms with Gasteiger partial charge in [-0.25, -0.2) is 0 Å². The van der Waals surface area contributed by atoms with Crippen LogP contribution in [-0.2, 0) is 9.59 Å². The number of amides is 3. The van der Waals surface area contributed by atoms with E-state index in [9.17, 15) is 14.4 Å². The van der Waals surface area contributed by atoms with E-state index in [4.69, 9.17) is 31.5 Å². The molecule has 0 aromatic heterocycles. The second kappa shape index (κ2) is 9.65. The molecule has 0 unspecified atom stereocenters. The molecule has 3 amide bonds. The molecule has 9 nitrogen and oxygen atoms in total. The van der Waals surface area contributed by atoms with Crippen molar-refractivity contribution in [3.63, 3.8) is 0 Å². The van der Waals surface area contributed by atoms with E-state index in [1.807, 2.05) is 0 Å². The third-order valence-electron chi connectivity index (χ3n) is 3.62. The van der Waals surface area contributed by atoms with Crippen molar-refractivity contribution in [2.75, 3.05) is 31.5 Å². The number of methoxy groups -OCH3 is 2. The summed E-state index contributed by atoms with van der Waals surface area (Å²) >= 11 is 6.18. The molecule has 0 saturated carbocycles. The number of carbonyl (C=O) groups is 3. The van der Waals surface area contributed by atoms with E-state index in [1.165, 1.54) is 33.3 Å². The third kappa shape index (κ3) is 5.76. The molecule has 2 aromatic rings. The van der Waals surface area contributed by atoms with Gasteiger partial charge >= 0.3 is 0 Å². The smallest absolute Gasteiger partial charge is 0.255 e. The molecule has 0 aliphatic carbocycles. The van der Waals surface area contributed by atoms with Crippen LogP contribution in [0.4, 0.5) is 11.4 Å². The summed E-state index contributed by atoms with van der Waals surface area (Å²) in [7, 11) is 2.82. The summed E-state index contributed by atoms with van der Waals surface area (Å²) in [6.45, 7) is 0.980. The lowest BCUT2D eigenvalue weighted by Crippen LogP contribution is -2.20. The number of carbonyl (C=O) groups excluding carboxylic acids is 3. The predicted molar refractivity (Wildman–Crippen MR) is 108 cm³/mol. The summed E-state index contributed by atoms with van der Waals surface area (Å²) in [6.07, 6.45) is 0. The van der Waals surface area contributed by atoms with Gasteiger partial charge in [-0.2, -0.15) is 0 Å². The number of primary amides is 1. The van der Waals surface area contributed by atoms with E-state index in [-0.39, 0.29) is 28.0 Å². The number of hydrogen-bond donors (Lipinski definition) is 3. The molecule has 154 valence electrons. The van der Waals surface area contributed by atoms with E-state index in [1.54, 1.807) is 18.2 Å². The van der Waals surface area contributed by atoms with Gasteiger partial charge in [-0.3, -0.25) is 14.4 Å². The highest BCUT2D eigenvalue weighted by Gasteiger charge is 2.18. The maximum absolute atomic E-state index is 12.7. The van der Waals surface area contributed by atoms with Gasteiger partial charge in [0.1, 0.15) is 5.75 Å². The van der Waals surface area contributed by atoms with Gasteiger partial charge < -0.3 is 30.6 Å². The maximum Gasteiger partial charge on any atom is 0.255 e. The van der Waals surface area contributed by atoms with Crippen LogP contribution in [0.3, 0.4) is 0 Å². The second-order valence-corrected chi connectivity index (χ2v) is 6.20. The molecular weight excluding hydrogens is 402 g/mol. The number of benzene rings is 2. The Labute approximate surface area is 172 Å². The highest BCUT2D eigenvalue weighted by atomic mass is 35.5. The van der Waals surface area contributed by atoms with Crippen molar-refractivity contribution in [1.29, 1.82) is 0 Å². The molecular formula is C19H20ClN3O6. The zero-order valence-electron chi connectivity index (χ0n) is 16.0. The zero-order valence-corrected chi connectivity index (χ0v) is 16.8. The monoisotopic (exact) mass is 421 g/mol. The molecule has 2 aromatic carbocycles. The van der Waals surface area contributed by atoms with Crippen LogP contribution in [0.2, 0.25) is 5.02 Å². The third-order valence-corrected chi connectivity index (χ3v) is 3.90. The van der Waals surface area contributed by atoms with Gasteiger partial charge in [0.25, 0.3) is 11.8 Å². The number of ether oxygens (including phenoxy) is 3. The minimum absolute atomic E-state index is 0.0645. The van der Waals surface area contributed by atoms with Gasteiger partial charge in [0, 0.05) is 18.2 Å². The Morgan fingerprint density at radius 3 is 2.31 bits per heavy atom. The van der Waals surface area contributed by atoms with Crippen LogP contribution in [-0.4, -0.2) is 38.5 Å². The number of halogens is 1. The Morgan fingerprint density at radius 1 is 1.03 bits per heavy atom. The average Bonchev–Trinajstić information content (AvgIpc) is 2.66. The van der Waals surface area contributed by atoms with Crippen molar-refractivity contribution in [2.45, 2.75) is 6.92 Å². The van der Waals surface area contributed by atoms with E-state index in [0.29, 0.717) is 17.1 Å². The quantitative estimate of drug-likeness (QED) is 0.600. The van der Waals surface area contributed by atoms with Crippen molar-refractivity contribution in [3.8, 4) is 17.2 Å². The summed E-state index contributed by atoms with van der Waals surface area (Å²) < 4.78 is 15.7. The lowest BCUT2D eigenvalue weighted by atomic mass is 10.1. The molecule has 4 N–H and O–H groups in total. The van der Waals surface area contributed by atoms with Crippen LogP contribution >= 0.6 is 11.6 Å². The molecule has 0 heterocycles. The zero-order chi connectivity index (χ0) is 21.6. The summed E-state index contributed by atoms with van der Waals surface area (Å²) in [5, 5.41) is 5.39. The van der Waals surface area contributed by atoms with E-state index in [0.717, 1.165) is 0 Å². The lowest BCUT2D eigenvalue weighted by molar-refractivity contribution is -0.120. The summed E-state index contributed by atoms with van der Waals surface area (Å²) in [4.78, 5) is 34.9.